The smallest absolute Gasteiger partial charge is 0.139 e. The average molecular weight is 272 g/mol. The van der Waals surface area contributed by atoms with Gasteiger partial charge in [0.1, 0.15) is 11.6 Å². The summed E-state index contributed by atoms with van der Waals surface area (Å²) in [5.41, 5.74) is 0.850. The molecule has 0 aromatic heterocycles. The SMILES string of the molecule is O=C1CCN(c2ccc(Br)c(F)c2)CC1. The van der Waals surface area contributed by atoms with Gasteiger partial charge in [-0.05, 0) is 34.1 Å². The molecule has 0 atom stereocenters. The molecule has 1 heterocycles. The molecule has 0 saturated carbocycles. The van der Waals surface area contributed by atoms with E-state index in [1.807, 2.05) is 11.0 Å². The number of piperidine rings is 1. The van der Waals surface area contributed by atoms with E-state index in [4.69, 9.17) is 0 Å². The third-order valence-corrected chi connectivity index (χ3v) is 3.23. The lowest BCUT2D eigenvalue weighted by Crippen LogP contribution is -2.33. The second kappa shape index (κ2) is 4.31. The zero-order valence-corrected chi connectivity index (χ0v) is 9.76. The monoisotopic (exact) mass is 271 g/mol. The third kappa shape index (κ3) is 2.37. The fourth-order valence-corrected chi connectivity index (χ4v) is 1.94. The average Bonchev–Trinajstić information content (AvgIpc) is 2.23. The maximum Gasteiger partial charge on any atom is 0.139 e. The Kier molecular flexibility index (Phi) is 3.05. The van der Waals surface area contributed by atoms with E-state index in [9.17, 15) is 9.18 Å². The van der Waals surface area contributed by atoms with Gasteiger partial charge in [-0.2, -0.15) is 0 Å². The van der Waals surface area contributed by atoms with Gasteiger partial charge < -0.3 is 4.90 Å². The molecule has 2 rings (SSSR count). The number of ketones is 1. The number of Topliss-reactive ketones (excluding diaryl/α,β-unsaturated/α-hetero) is 1. The number of carbonyl (C=O) groups excluding carboxylic acids is 1. The van der Waals surface area contributed by atoms with Crippen molar-refractivity contribution in [2.24, 2.45) is 0 Å². The molecule has 1 aliphatic heterocycles. The van der Waals surface area contributed by atoms with E-state index in [0.717, 1.165) is 5.69 Å². The summed E-state index contributed by atoms with van der Waals surface area (Å²) in [5.74, 6) is 0.0354. The molecule has 0 radical (unpaired) electrons. The van der Waals surface area contributed by atoms with Crippen molar-refractivity contribution in [3.63, 3.8) is 0 Å². The van der Waals surface area contributed by atoms with Crippen LogP contribution in [0.15, 0.2) is 22.7 Å². The first-order valence-electron chi connectivity index (χ1n) is 4.88. The largest absolute Gasteiger partial charge is 0.371 e. The fourth-order valence-electron chi connectivity index (χ4n) is 1.70. The molecule has 1 saturated heterocycles. The molecule has 0 bridgehead atoms. The second-order valence-corrected chi connectivity index (χ2v) is 4.48. The first-order chi connectivity index (χ1) is 7.16. The first-order valence-corrected chi connectivity index (χ1v) is 5.68. The molecule has 0 aliphatic carbocycles. The minimum atomic E-state index is -0.260. The van der Waals surface area contributed by atoms with Gasteiger partial charge in [0, 0.05) is 31.6 Å². The number of carbonyl (C=O) groups is 1. The quantitative estimate of drug-likeness (QED) is 0.783. The molecule has 2 nitrogen and oxygen atoms in total. The van der Waals surface area contributed by atoms with Crippen LogP contribution in [0.25, 0.3) is 0 Å². The number of hydrogen-bond donors (Lipinski definition) is 0. The Morgan fingerprint density at radius 2 is 1.93 bits per heavy atom. The molecule has 4 heteroatoms. The van der Waals surface area contributed by atoms with Crippen molar-refractivity contribution in [2.45, 2.75) is 12.8 Å². The van der Waals surface area contributed by atoms with Crippen LogP contribution in [0, 0.1) is 5.82 Å². The predicted octanol–water partition coefficient (Wildman–Crippen LogP) is 2.76. The molecule has 0 spiro atoms. The molecule has 1 aromatic carbocycles. The number of halogens is 2. The zero-order valence-electron chi connectivity index (χ0n) is 8.17. The Morgan fingerprint density at radius 1 is 1.27 bits per heavy atom. The summed E-state index contributed by atoms with van der Waals surface area (Å²) in [6.07, 6.45) is 1.13. The Hall–Kier alpha value is -0.900. The Bertz CT molecular complexity index is 384. The van der Waals surface area contributed by atoms with Crippen LogP contribution in [-0.2, 0) is 4.79 Å². The Labute approximate surface area is 96.2 Å². The van der Waals surface area contributed by atoms with Gasteiger partial charge in [0.25, 0.3) is 0 Å². The highest BCUT2D eigenvalue weighted by Gasteiger charge is 2.16. The predicted molar refractivity (Wildman–Crippen MR) is 60.6 cm³/mol. The highest BCUT2D eigenvalue weighted by molar-refractivity contribution is 9.10. The Morgan fingerprint density at radius 3 is 2.53 bits per heavy atom. The lowest BCUT2D eigenvalue weighted by Gasteiger charge is -2.28. The molecule has 0 amide bonds. The summed E-state index contributed by atoms with van der Waals surface area (Å²) in [6, 6.07) is 5.06. The van der Waals surface area contributed by atoms with Crippen LogP contribution in [-0.4, -0.2) is 18.9 Å². The highest BCUT2D eigenvalue weighted by Crippen LogP contribution is 2.24. The van der Waals surface area contributed by atoms with E-state index >= 15 is 0 Å². The number of anilines is 1. The Balaban J connectivity index is 2.16. The normalized spacial score (nSPS) is 16.9. The van der Waals surface area contributed by atoms with Gasteiger partial charge in [0.05, 0.1) is 4.47 Å². The van der Waals surface area contributed by atoms with Gasteiger partial charge >= 0.3 is 0 Å². The maximum absolute atomic E-state index is 13.3. The molecule has 1 aliphatic rings. The molecule has 80 valence electrons. The minimum absolute atomic E-state index is 0.260. The summed E-state index contributed by atoms with van der Waals surface area (Å²) in [6.45, 7) is 1.39. The van der Waals surface area contributed by atoms with Gasteiger partial charge in [-0.25, -0.2) is 4.39 Å². The van der Waals surface area contributed by atoms with Crippen LogP contribution in [0.2, 0.25) is 0 Å². The molecule has 1 fully saturated rings. The van der Waals surface area contributed by atoms with Crippen LogP contribution in [0.1, 0.15) is 12.8 Å². The number of hydrogen-bond acceptors (Lipinski definition) is 2. The second-order valence-electron chi connectivity index (χ2n) is 3.62. The van der Waals surface area contributed by atoms with Gasteiger partial charge in [-0.1, -0.05) is 0 Å². The molecule has 0 unspecified atom stereocenters. The van der Waals surface area contributed by atoms with Crippen molar-refractivity contribution in [2.75, 3.05) is 18.0 Å². The summed E-state index contributed by atoms with van der Waals surface area (Å²) in [7, 11) is 0. The molecular formula is C11H11BrFNO. The van der Waals surface area contributed by atoms with E-state index in [-0.39, 0.29) is 5.82 Å². The number of nitrogens with zero attached hydrogens (tertiary/aromatic N) is 1. The van der Waals surface area contributed by atoms with Gasteiger partial charge in [0.15, 0.2) is 0 Å². The van der Waals surface area contributed by atoms with E-state index in [0.29, 0.717) is 36.2 Å². The van der Waals surface area contributed by atoms with Crippen molar-refractivity contribution in [1.82, 2.24) is 0 Å². The summed E-state index contributed by atoms with van der Waals surface area (Å²) in [5, 5.41) is 0. The van der Waals surface area contributed by atoms with Crippen molar-refractivity contribution >= 4 is 27.4 Å². The van der Waals surface area contributed by atoms with E-state index in [1.165, 1.54) is 6.07 Å². The molecule has 0 N–H and O–H groups in total. The lowest BCUT2D eigenvalue weighted by atomic mass is 10.1. The van der Waals surface area contributed by atoms with Gasteiger partial charge in [0.2, 0.25) is 0 Å². The third-order valence-electron chi connectivity index (χ3n) is 2.59. The van der Waals surface area contributed by atoms with E-state index in [2.05, 4.69) is 15.9 Å². The minimum Gasteiger partial charge on any atom is -0.371 e. The van der Waals surface area contributed by atoms with Crippen LogP contribution in [0.5, 0.6) is 0 Å². The van der Waals surface area contributed by atoms with Crippen molar-refractivity contribution in [3.8, 4) is 0 Å². The summed E-state index contributed by atoms with van der Waals surface area (Å²) < 4.78 is 13.7. The maximum atomic E-state index is 13.3. The molecule has 15 heavy (non-hydrogen) atoms. The van der Waals surface area contributed by atoms with Gasteiger partial charge in [-0.15, -0.1) is 0 Å². The summed E-state index contributed by atoms with van der Waals surface area (Å²) >= 11 is 3.12. The van der Waals surface area contributed by atoms with Gasteiger partial charge in [-0.3, -0.25) is 4.79 Å². The first kappa shape index (κ1) is 10.6. The van der Waals surface area contributed by atoms with Crippen molar-refractivity contribution in [3.05, 3.63) is 28.5 Å². The van der Waals surface area contributed by atoms with Crippen molar-refractivity contribution in [1.29, 1.82) is 0 Å². The summed E-state index contributed by atoms with van der Waals surface area (Å²) in [4.78, 5) is 13.1. The van der Waals surface area contributed by atoms with E-state index in [1.54, 1.807) is 6.07 Å². The fraction of sp³-hybridized carbons (Fsp3) is 0.364. The lowest BCUT2D eigenvalue weighted by molar-refractivity contribution is -0.119. The van der Waals surface area contributed by atoms with Crippen LogP contribution >= 0.6 is 15.9 Å². The van der Waals surface area contributed by atoms with Crippen LogP contribution < -0.4 is 4.90 Å². The molecule has 1 aromatic rings. The van der Waals surface area contributed by atoms with E-state index < -0.39 is 0 Å². The number of rotatable bonds is 1. The zero-order chi connectivity index (χ0) is 10.8. The molecular weight excluding hydrogens is 261 g/mol. The standard InChI is InChI=1S/C11H11BrFNO/c12-10-2-1-8(7-11(10)13)14-5-3-9(15)4-6-14/h1-2,7H,3-6H2. The van der Waals surface area contributed by atoms with Crippen LogP contribution in [0.4, 0.5) is 10.1 Å². The highest BCUT2D eigenvalue weighted by atomic mass is 79.9. The number of benzene rings is 1. The topological polar surface area (TPSA) is 20.3 Å². The van der Waals surface area contributed by atoms with Crippen molar-refractivity contribution < 1.29 is 9.18 Å². The van der Waals surface area contributed by atoms with Crippen LogP contribution in [0.3, 0.4) is 0 Å².